The Balaban J connectivity index is 1.16. The molecule has 0 aliphatic carbocycles. The van der Waals surface area contributed by atoms with Crippen molar-refractivity contribution in [1.29, 1.82) is 0 Å². The minimum absolute atomic E-state index is 0.184. The molecule has 8 nitrogen and oxygen atoms in total. The summed E-state index contributed by atoms with van der Waals surface area (Å²) < 4.78 is 6.84. The van der Waals surface area contributed by atoms with Crippen LogP contribution in [0.2, 0.25) is 0 Å². The second-order valence-electron chi connectivity index (χ2n) is 8.51. The van der Waals surface area contributed by atoms with Crippen molar-refractivity contribution in [2.45, 2.75) is 25.0 Å². The van der Waals surface area contributed by atoms with E-state index in [1.165, 1.54) is 12.0 Å². The number of anilines is 1. The van der Waals surface area contributed by atoms with Crippen molar-refractivity contribution < 1.29 is 9.84 Å². The number of fused-ring (bicyclic) bond motifs is 3. The van der Waals surface area contributed by atoms with Gasteiger partial charge in [0.15, 0.2) is 0 Å². The van der Waals surface area contributed by atoms with Gasteiger partial charge < -0.3 is 14.7 Å². The van der Waals surface area contributed by atoms with Crippen molar-refractivity contribution in [3.63, 3.8) is 0 Å². The number of aromatic nitrogens is 4. The van der Waals surface area contributed by atoms with E-state index in [0.717, 1.165) is 42.1 Å². The monoisotopic (exact) mass is 428 g/mol. The van der Waals surface area contributed by atoms with E-state index < -0.39 is 0 Å². The Labute approximate surface area is 185 Å². The van der Waals surface area contributed by atoms with Crippen LogP contribution in [0.5, 0.6) is 11.6 Å². The van der Waals surface area contributed by atoms with E-state index in [2.05, 4.69) is 38.1 Å². The number of aromatic hydroxyl groups is 1. The van der Waals surface area contributed by atoms with E-state index in [1.807, 2.05) is 24.5 Å². The number of hydrogen-bond donors (Lipinski definition) is 1. The van der Waals surface area contributed by atoms with Crippen LogP contribution in [0.4, 0.5) is 5.82 Å². The first-order valence-electron chi connectivity index (χ1n) is 10.8. The Kier molecular flexibility index (Phi) is 4.46. The lowest BCUT2D eigenvalue weighted by molar-refractivity contribution is -0.00876. The number of hydrogen-bond acceptors (Lipinski definition) is 7. The molecular formula is C24H24N6O2. The van der Waals surface area contributed by atoms with Crippen LogP contribution >= 0.6 is 0 Å². The van der Waals surface area contributed by atoms with Gasteiger partial charge in [0, 0.05) is 61.3 Å². The van der Waals surface area contributed by atoms with Gasteiger partial charge in [-0.1, -0.05) is 6.07 Å². The third-order valence-electron chi connectivity index (χ3n) is 6.59. The Bertz CT molecular complexity index is 1240. The number of rotatable bonds is 5. The molecule has 1 N–H and O–H groups in total. The quantitative estimate of drug-likeness (QED) is 0.524. The summed E-state index contributed by atoms with van der Waals surface area (Å²) in [6, 6.07) is 12.9. The number of ether oxygens (including phenoxy) is 1. The lowest BCUT2D eigenvalue weighted by Crippen LogP contribution is -2.68. The van der Waals surface area contributed by atoms with E-state index in [9.17, 15) is 5.11 Å². The fourth-order valence-corrected chi connectivity index (χ4v) is 4.95. The molecule has 162 valence electrons. The molecule has 2 atom stereocenters. The molecule has 32 heavy (non-hydrogen) atoms. The molecule has 7 rings (SSSR count). The molecule has 3 fully saturated rings. The maximum Gasteiger partial charge on any atom is 0.212 e. The van der Waals surface area contributed by atoms with Gasteiger partial charge in [-0.15, -0.1) is 0 Å². The molecule has 4 aromatic rings. The zero-order valence-corrected chi connectivity index (χ0v) is 17.8. The summed E-state index contributed by atoms with van der Waals surface area (Å²) in [4.78, 5) is 14.0. The lowest BCUT2D eigenvalue weighted by atomic mass is 9.87. The van der Waals surface area contributed by atoms with Crippen molar-refractivity contribution >= 4 is 11.3 Å². The first-order valence-corrected chi connectivity index (χ1v) is 10.8. The number of methoxy groups -OCH3 is 1. The first kappa shape index (κ1) is 19.1. The summed E-state index contributed by atoms with van der Waals surface area (Å²) in [5, 5.41) is 14.3. The molecule has 0 amide bonds. The average molecular weight is 428 g/mol. The number of piperidine rings is 1. The van der Waals surface area contributed by atoms with E-state index in [1.54, 1.807) is 30.1 Å². The molecule has 0 radical (unpaired) electrons. The second kappa shape index (κ2) is 7.49. The van der Waals surface area contributed by atoms with Crippen LogP contribution in [0.1, 0.15) is 12.0 Å². The van der Waals surface area contributed by atoms with Gasteiger partial charge >= 0.3 is 0 Å². The van der Waals surface area contributed by atoms with Gasteiger partial charge in [0.25, 0.3) is 0 Å². The topological polar surface area (TPSA) is 79.0 Å². The highest BCUT2D eigenvalue weighted by Gasteiger charge is 2.44. The molecule has 3 aliphatic rings. The van der Waals surface area contributed by atoms with Crippen molar-refractivity contribution in [2.75, 3.05) is 25.1 Å². The Morgan fingerprint density at radius 3 is 2.66 bits per heavy atom. The van der Waals surface area contributed by atoms with Crippen LogP contribution in [0.25, 0.3) is 16.6 Å². The van der Waals surface area contributed by atoms with Crippen molar-refractivity contribution in [2.24, 2.45) is 0 Å². The maximum absolute atomic E-state index is 10.0. The number of nitrogens with zero attached hydrogens (tertiary/aromatic N) is 6. The van der Waals surface area contributed by atoms with Crippen LogP contribution in [0, 0.1) is 0 Å². The zero-order chi connectivity index (χ0) is 21.7. The van der Waals surface area contributed by atoms with E-state index in [0.29, 0.717) is 18.0 Å². The fourth-order valence-electron chi connectivity index (χ4n) is 4.95. The molecule has 0 aromatic carbocycles. The molecule has 4 aromatic heterocycles. The molecule has 3 aliphatic heterocycles. The normalized spacial score (nSPS) is 20.3. The predicted molar refractivity (Wildman–Crippen MR) is 121 cm³/mol. The third kappa shape index (κ3) is 3.23. The SMILES string of the molecule is COc1ccc(CN2C3CC2CN(c2ccc(-c4cc(O)cn5nccc45)cn2)C3)cn1. The van der Waals surface area contributed by atoms with Gasteiger partial charge in [0.2, 0.25) is 5.88 Å². The van der Waals surface area contributed by atoms with Crippen LogP contribution in [0.3, 0.4) is 0 Å². The Morgan fingerprint density at radius 2 is 1.94 bits per heavy atom. The standard InChI is InChI=1S/C24H24N6O2/c1-32-24-5-2-16(10-26-24)12-29-18-8-19(29)14-28(13-18)23-4-3-17(11-25-23)21-9-20(31)15-30-22(21)6-7-27-30/h2-7,9-11,15,18-19,31H,8,12-14H2,1H3. The van der Waals surface area contributed by atoms with E-state index in [4.69, 9.17) is 9.72 Å². The van der Waals surface area contributed by atoms with Crippen LogP contribution < -0.4 is 9.64 Å². The fraction of sp³-hybridized carbons (Fsp3) is 0.292. The van der Waals surface area contributed by atoms with Crippen molar-refractivity contribution in [3.8, 4) is 22.8 Å². The zero-order valence-electron chi connectivity index (χ0n) is 17.8. The minimum Gasteiger partial charge on any atom is -0.506 e. The Hall–Kier alpha value is -3.65. The third-order valence-corrected chi connectivity index (χ3v) is 6.59. The highest BCUT2D eigenvalue weighted by molar-refractivity contribution is 5.81. The summed E-state index contributed by atoms with van der Waals surface area (Å²) in [5.41, 5.74) is 4.04. The summed E-state index contributed by atoms with van der Waals surface area (Å²) in [6.45, 7) is 2.88. The average Bonchev–Trinajstić information content (AvgIpc) is 3.31. The van der Waals surface area contributed by atoms with Gasteiger partial charge in [-0.2, -0.15) is 5.10 Å². The van der Waals surface area contributed by atoms with E-state index in [-0.39, 0.29) is 5.75 Å². The lowest BCUT2D eigenvalue weighted by Gasteiger charge is -2.56. The van der Waals surface area contributed by atoms with Crippen LogP contribution in [-0.2, 0) is 6.54 Å². The van der Waals surface area contributed by atoms with Crippen molar-refractivity contribution in [1.82, 2.24) is 24.5 Å². The molecular weight excluding hydrogens is 404 g/mol. The van der Waals surface area contributed by atoms with Crippen molar-refractivity contribution in [3.05, 3.63) is 66.7 Å². The Morgan fingerprint density at radius 1 is 1.06 bits per heavy atom. The van der Waals surface area contributed by atoms with Gasteiger partial charge in [-0.3, -0.25) is 4.90 Å². The summed E-state index contributed by atoms with van der Waals surface area (Å²) >= 11 is 0. The number of pyridine rings is 3. The molecule has 7 heterocycles. The number of piperazine rings is 1. The molecule has 3 saturated heterocycles. The smallest absolute Gasteiger partial charge is 0.212 e. The minimum atomic E-state index is 0.184. The molecule has 8 heteroatoms. The molecule has 0 spiro atoms. The van der Waals surface area contributed by atoms with Crippen LogP contribution in [0.15, 0.2) is 61.2 Å². The van der Waals surface area contributed by atoms with E-state index >= 15 is 0 Å². The van der Waals surface area contributed by atoms with Gasteiger partial charge in [-0.05, 0) is 36.2 Å². The highest BCUT2D eigenvalue weighted by atomic mass is 16.5. The molecule has 2 bridgehead atoms. The van der Waals surface area contributed by atoms with Gasteiger partial charge in [-0.25, -0.2) is 14.5 Å². The van der Waals surface area contributed by atoms with Gasteiger partial charge in [0.1, 0.15) is 11.6 Å². The van der Waals surface area contributed by atoms with Gasteiger partial charge in [0.05, 0.1) is 25.0 Å². The summed E-state index contributed by atoms with van der Waals surface area (Å²) in [6.07, 6.45) is 8.37. The summed E-state index contributed by atoms with van der Waals surface area (Å²) in [7, 11) is 1.64. The molecule has 0 saturated carbocycles. The second-order valence-corrected chi connectivity index (χ2v) is 8.51. The summed E-state index contributed by atoms with van der Waals surface area (Å²) in [5.74, 6) is 1.83. The first-order chi connectivity index (χ1) is 15.7. The molecule has 2 unspecified atom stereocenters. The largest absolute Gasteiger partial charge is 0.506 e. The highest BCUT2D eigenvalue weighted by Crippen LogP contribution is 2.36. The maximum atomic E-state index is 10.0. The predicted octanol–water partition coefficient (Wildman–Crippen LogP) is 2.97. The van der Waals surface area contributed by atoms with Crippen LogP contribution in [-0.4, -0.2) is 61.9 Å².